The first-order valence-electron chi connectivity index (χ1n) is 6.23. The molecule has 118 valence electrons. The van der Waals surface area contributed by atoms with Gasteiger partial charge in [0.15, 0.2) is 0 Å². The molecule has 5 nitrogen and oxygen atoms in total. The summed E-state index contributed by atoms with van der Waals surface area (Å²) in [7, 11) is 1.15. The number of benzene rings is 1. The van der Waals surface area contributed by atoms with Crippen LogP contribution in [0.4, 0.5) is 4.39 Å². The molecule has 0 atom stereocenters. The molecule has 1 aromatic carbocycles. The van der Waals surface area contributed by atoms with Crippen LogP contribution in [0.1, 0.15) is 31.1 Å². The lowest BCUT2D eigenvalue weighted by atomic mass is 10.1. The van der Waals surface area contributed by atoms with E-state index >= 15 is 0 Å². The molecule has 0 saturated carbocycles. The predicted octanol–water partition coefficient (Wildman–Crippen LogP) is 2.30. The zero-order valence-electron chi connectivity index (χ0n) is 11.9. The van der Waals surface area contributed by atoms with Gasteiger partial charge in [-0.05, 0) is 39.0 Å². The van der Waals surface area contributed by atoms with E-state index in [2.05, 4.69) is 5.32 Å². The molecular weight excluding hydrogens is 321 g/mol. The number of halogens is 2. The van der Waals surface area contributed by atoms with Crippen LogP contribution in [-0.4, -0.2) is 33.1 Å². The summed E-state index contributed by atoms with van der Waals surface area (Å²) in [5.74, 6) is -1.56. The van der Waals surface area contributed by atoms with Crippen molar-refractivity contribution in [2.75, 3.05) is 13.2 Å². The Morgan fingerprint density at radius 1 is 1.43 bits per heavy atom. The Labute approximate surface area is 127 Å². The predicted molar refractivity (Wildman–Crippen MR) is 77.5 cm³/mol. The van der Waals surface area contributed by atoms with Crippen LogP contribution in [0, 0.1) is 5.82 Å². The summed E-state index contributed by atoms with van der Waals surface area (Å²) in [6, 6.07) is 2.79. The van der Waals surface area contributed by atoms with E-state index in [1.165, 1.54) is 0 Å². The van der Waals surface area contributed by atoms with Crippen molar-refractivity contribution in [1.82, 2.24) is 5.32 Å². The van der Waals surface area contributed by atoms with E-state index in [4.69, 9.17) is 15.4 Å². The third kappa shape index (κ3) is 5.26. The Bertz CT molecular complexity index is 631. The van der Waals surface area contributed by atoms with E-state index in [9.17, 15) is 17.6 Å². The Morgan fingerprint density at radius 3 is 2.57 bits per heavy atom. The average molecular weight is 338 g/mol. The second-order valence-electron chi connectivity index (χ2n) is 4.95. The monoisotopic (exact) mass is 337 g/mol. The van der Waals surface area contributed by atoms with Gasteiger partial charge in [0.1, 0.15) is 5.82 Å². The summed E-state index contributed by atoms with van der Waals surface area (Å²) in [4.78, 5) is 11.6. The van der Waals surface area contributed by atoms with E-state index in [1.54, 1.807) is 13.8 Å². The second-order valence-corrected chi connectivity index (χ2v) is 7.52. The van der Waals surface area contributed by atoms with Crippen LogP contribution < -0.4 is 5.32 Å². The number of nitrogens with one attached hydrogen (secondary N) is 1. The van der Waals surface area contributed by atoms with Crippen LogP contribution in [-0.2, 0) is 13.8 Å². The third-order valence-corrected chi connectivity index (χ3v) is 4.03. The highest BCUT2D eigenvalue weighted by Gasteiger charge is 2.22. The van der Waals surface area contributed by atoms with Crippen LogP contribution in [0.25, 0.3) is 0 Å². The van der Waals surface area contributed by atoms with E-state index in [0.717, 1.165) is 18.2 Å². The third-order valence-electron chi connectivity index (χ3n) is 2.67. The molecule has 0 heterocycles. The molecule has 1 aromatic rings. The van der Waals surface area contributed by atoms with Crippen LogP contribution >= 0.6 is 10.7 Å². The summed E-state index contributed by atoms with van der Waals surface area (Å²) in [5, 5.41) is 2.50. The van der Waals surface area contributed by atoms with Gasteiger partial charge in [-0.1, -0.05) is 0 Å². The van der Waals surface area contributed by atoms with E-state index in [0.29, 0.717) is 6.61 Å². The second kappa shape index (κ2) is 6.72. The standard InChI is InChI=1S/C13H17ClFNO4S/c1-4-20-13(2,3)8-16-12(17)10-7-9(21(14,18)19)5-6-11(10)15/h5-7H,4,8H2,1-3H3,(H,16,17). The van der Waals surface area contributed by atoms with Gasteiger partial charge in [-0.3, -0.25) is 4.79 Å². The first kappa shape index (κ1) is 17.9. The van der Waals surface area contributed by atoms with Crippen LogP contribution in [0.2, 0.25) is 0 Å². The number of rotatable bonds is 6. The maximum absolute atomic E-state index is 13.6. The number of carbonyl (C=O) groups is 1. The lowest BCUT2D eigenvalue weighted by molar-refractivity contribution is -0.00818. The molecule has 1 rings (SSSR count). The van der Waals surface area contributed by atoms with Crippen molar-refractivity contribution >= 4 is 25.6 Å². The van der Waals surface area contributed by atoms with Gasteiger partial charge in [-0.15, -0.1) is 0 Å². The van der Waals surface area contributed by atoms with Crippen molar-refractivity contribution in [3.05, 3.63) is 29.6 Å². The molecule has 0 aliphatic heterocycles. The first-order valence-corrected chi connectivity index (χ1v) is 8.54. The smallest absolute Gasteiger partial charge is 0.261 e. The van der Waals surface area contributed by atoms with E-state index in [-0.39, 0.29) is 17.0 Å². The molecule has 21 heavy (non-hydrogen) atoms. The van der Waals surface area contributed by atoms with Gasteiger partial charge in [0, 0.05) is 23.8 Å². The van der Waals surface area contributed by atoms with E-state index < -0.39 is 26.4 Å². The van der Waals surface area contributed by atoms with Gasteiger partial charge in [0.2, 0.25) is 0 Å². The highest BCUT2D eigenvalue weighted by molar-refractivity contribution is 8.13. The number of hydrogen-bond donors (Lipinski definition) is 1. The molecule has 0 radical (unpaired) electrons. The highest BCUT2D eigenvalue weighted by atomic mass is 35.7. The fourth-order valence-electron chi connectivity index (χ4n) is 1.66. The Balaban J connectivity index is 2.93. The summed E-state index contributed by atoms with van der Waals surface area (Å²) >= 11 is 0. The Kier molecular flexibility index (Phi) is 5.72. The summed E-state index contributed by atoms with van der Waals surface area (Å²) in [6.07, 6.45) is 0. The molecule has 0 aliphatic rings. The summed E-state index contributed by atoms with van der Waals surface area (Å²) in [6.45, 7) is 5.98. The molecule has 0 aromatic heterocycles. The van der Waals surface area contributed by atoms with Gasteiger partial charge in [-0.2, -0.15) is 0 Å². The van der Waals surface area contributed by atoms with Crippen molar-refractivity contribution in [1.29, 1.82) is 0 Å². The molecule has 0 unspecified atom stereocenters. The molecule has 1 N–H and O–H groups in total. The van der Waals surface area contributed by atoms with Gasteiger partial charge >= 0.3 is 0 Å². The molecule has 8 heteroatoms. The maximum Gasteiger partial charge on any atom is 0.261 e. The van der Waals surface area contributed by atoms with Gasteiger partial charge in [-0.25, -0.2) is 12.8 Å². The zero-order chi connectivity index (χ0) is 16.3. The summed E-state index contributed by atoms with van der Waals surface area (Å²) < 4.78 is 41.5. The molecular formula is C13H17ClFNO4S. The van der Waals surface area contributed by atoms with Gasteiger partial charge in [0.25, 0.3) is 15.0 Å². The van der Waals surface area contributed by atoms with Gasteiger partial charge in [0.05, 0.1) is 16.1 Å². The van der Waals surface area contributed by atoms with Gasteiger partial charge < -0.3 is 10.1 Å². The normalized spacial score (nSPS) is 12.2. The molecule has 0 aliphatic carbocycles. The SMILES string of the molecule is CCOC(C)(C)CNC(=O)c1cc(S(=O)(=O)Cl)ccc1F. The average Bonchev–Trinajstić information content (AvgIpc) is 2.35. The number of amides is 1. The van der Waals surface area contributed by atoms with Crippen LogP contribution in [0.15, 0.2) is 23.1 Å². The fourth-order valence-corrected chi connectivity index (χ4v) is 2.44. The molecule has 0 bridgehead atoms. The number of carbonyl (C=O) groups excluding carboxylic acids is 1. The van der Waals surface area contributed by atoms with Crippen molar-refractivity contribution < 1.29 is 22.3 Å². The highest BCUT2D eigenvalue weighted by Crippen LogP contribution is 2.19. The molecule has 0 fully saturated rings. The van der Waals surface area contributed by atoms with E-state index in [1.807, 2.05) is 6.92 Å². The van der Waals surface area contributed by atoms with Crippen molar-refractivity contribution in [2.45, 2.75) is 31.3 Å². The minimum absolute atomic E-state index is 0.150. The number of ether oxygens (including phenoxy) is 1. The molecule has 0 spiro atoms. The van der Waals surface area contributed by atoms with Crippen molar-refractivity contribution in [3.8, 4) is 0 Å². The maximum atomic E-state index is 13.6. The molecule has 0 saturated heterocycles. The quantitative estimate of drug-likeness (QED) is 0.808. The number of hydrogen-bond acceptors (Lipinski definition) is 4. The Hall–Kier alpha value is -1.18. The first-order chi connectivity index (χ1) is 9.57. The van der Waals surface area contributed by atoms with Crippen molar-refractivity contribution in [3.63, 3.8) is 0 Å². The summed E-state index contributed by atoms with van der Waals surface area (Å²) in [5.41, 5.74) is -0.999. The minimum atomic E-state index is -4.03. The Morgan fingerprint density at radius 2 is 2.05 bits per heavy atom. The lowest BCUT2D eigenvalue weighted by Crippen LogP contribution is -2.40. The molecule has 1 amide bonds. The minimum Gasteiger partial charge on any atom is -0.374 e. The van der Waals surface area contributed by atoms with Crippen LogP contribution in [0.5, 0.6) is 0 Å². The van der Waals surface area contributed by atoms with Crippen molar-refractivity contribution in [2.24, 2.45) is 0 Å². The zero-order valence-corrected chi connectivity index (χ0v) is 13.5. The van der Waals surface area contributed by atoms with Crippen LogP contribution in [0.3, 0.4) is 0 Å². The lowest BCUT2D eigenvalue weighted by Gasteiger charge is -2.24. The fraction of sp³-hybridized carbons (Fsp3) is 0.462. The largest absolute Gasteiger partial charge is 0.374 e. The topological polar surface area (TPSA) is 72.5 Å².